The van der Waals surface area contributed by atoms with Gasteiger partial charge in [0.1, 0.15) is 12.2 Å². The largest absolute Gasteiger partial charge is 0.493 e. The third-order valence-electron chi connectivity index (χ3n) is 4.19. The number of nitro groups is 1. The van der Waals surface area contributed by atoms with E-state index in [4.69, 9.17) is 14.2 Å². The summed E-state index contributed by atoms with van der Waals surface area (Å²) in [6, 6.07) is 10.8. The number of aryl methyl sites for hydroxylation is 1. The molecule has 0 spiro atoms. The molecule has 0 unspecified atom stereocenters. The van der Waals surface area contributed by atoms with Crippen LogP contribution in [-0.4, -0.2) is 50.6 Å². The summed E-state index contributed by atoms with van der Waals surface area (Å²) in [7, 11) is 2.93. The van der Waals surface area contributed by atoms with E-state index in [1.165, 1.54) is 37.5 Å². The number of rotatable bonds is 12. The number of nitrogens with one attached hydrogen (secondary N) is 1. The van der Waals surface area contributed by atoms with E-state index in [1.807, 2.05) is 6.92 Å². The van der Waals surface area contributed by atoms with Crippen molar-refractivity contribution in [3.8, 4) is 11.5 Å². The molecular weight excluding hydrogens is 408 g/mol. The van der Waals surface area contributed by atoms with E-state index in [0.29, 0.717) is 18.9 Å². The van der Waals surface area contributed by atoms with Crippen LogP contribution in [-0.2, 0) is 10.5 Å². The summed E-state index contributed by atoms with van der Waals surface area (Å²) in [5, 5.41) is 14.2. The second-order valence-electron chi connectivity index (χ2n) is 6.41. The van der Waals surface area contributed by atoms with Crippen molar-refractivity contribution in [1.29, 1.82) is 0 Å². The topological polar surface area (TPSA) is 99.9 Å². The van der Waals surface area contributed by atoms with Crippen LogP contribution in [0, 0.1) is 17.0 Å². The number of nitro benzene ring substituents is 1. The first kappa shape index (κ1) is 23.5. The molecule has 0 atom stereocenters. The fourth-order valence-electron chi connectivity index (χ4n) is 2.60. The van der Waals surface area contributed by atoms with Crippen molar-refractivity contribution in [1.82, 2.24) is 5.32 Å². The van der Waals surface area contributed by atoms with Crippen LogP contribution in [0.25, 0.3) is 0 Å². The highest BCUT2D eigenvalue weighted by atomic mass is 32.2. The van der Waals surface area contributed by atoms with Crippen LogP contribution in [0.3, 0.4) is 0 Å². The number of amides is 1. The van der Waals surface area contributed by atoms with Crippen LogP contribution < -0.4 is 14.8 Å². The number of carbonyl (C=O) groups is 1. The van der Waals surface area contributed by atoms with Gasteiger partial charge >= 0.3 is 0 Å². The Labute approximate surface area is 180 Å². The van der Waals surface area contributed by atoms with E-state index in [0.717, 1.165) is 5.75 Å². The zero-order valence-corrected chi connectivity index (χ0v) is 18.1. The van der Waals surface area contributed by atoms with Crippen molar-refractivity contribution in [2.24, 2.45) is 0 Å². The molecule has 0 heterocycles. The number of carbonyl (C=O) groups excluding carboxylic acids is 1. The van der Waals surface area contributed by atoms with E-state index in [2.05, 4.69) is 29.6 Å². The Hall–Kier alpha value is -2.78. The van der Waals surface area contributed by atoms with Gasteiger partial charge in [0.2, 0.25) is 0 Å². The van der Waals surface area contributed by atoms with Gasteiger partial charge < -0.3 is 19.5 Å². The first-order chi connectivity index (χ1) is 14.5. The highest BCUT2D eigenvalue weighted by molar-refractivity contribution is 7.98. The maximum atomic E-state index is 12.5. The van der Waals surface area contributed by atoms with Gasteiger partial charge in [-0.25, -0.2) is 0 Å². The molecule has 1 amide bonds. The van der Waals surface area contributed by atoms with Crippen molar-refractivity contribution >= 4 is 23.4 Å². The van der Waals surface area contributed by atoms with Gasteiger partial charge in [0.25, 0.3) is 11.6 Å². The molecule has 2 aromatic rings. The summed E-state index contributed by atoms with van der Waals surface area (Å²) in [5.41, 5.74) is 2.01. The van der Waals surface area contributed by atoms with Crippen molar-refractivity contribution in [2.75, 3.05) is 39.7 Å². The van der Waals surface area contributed by atoms with E-state index >= 15 is 0 Å². The highest BCUT2D eigenvalue weighted by Gasteiger charge is 2.24. The molecule has 0 aliphatic rings. The average molecular weight is 435 g/mol. The second-order valence-corrected chi connectivity index (χ2v) is 7.52. The zero-order valence-electron chi connectivity index (χ0n) is 17.3. The van der Waals surface area contributed by atoms with E-state index in [9.17, 15) is 14.9 Å². The van der Waals surface area contributed by atoms with Crippen LogP contribution in [0.2, 0.25) is 0 Å². The van der Waals surface area contributed by atoms with Crippen LogP contribution in [0.15, 0.2) is 36.4 Å². The lowest BCUT2D eigenvalue weighted by molar-refractivity contribution is -0.385. The minimum absolute atomic E-state index is 0.0699. The standard InChI is InChI=1S/C21H26N2O6S/c1-15-4-6-16(7-5-15)14-30-11-8-22-21(24)17-12-19(28-3)20(29-10-9-27-2)13-18(17)23(25)26/h4-7,12-13H,8-11,14H2,1-3H3,(H,22,24). The lowest BCUT2D eigenvalue weighted by atomic mass is 10.1. The van der Waals surface area contributed by atoms with Crippen LogP contribution in [0.4, 0.5) is 5.69 Å². The van der Waals surface area contributed by atoms with Crippen LogP contribution in [0.5, 0.6) is 11.5 Å². The summed E-state index contributed by atoms with van der Waals surface area (Å²) in [6.45, 7) is 2.95. The van der Waals surface area contributed by atoms with Gasteiger partial charge in [0.05, 0.1) is 24.7 Å². The molecule has 2 rings (SSSR count). The van der Waals surface area contributed by atoms with Gasteiger partial charge in [-0.1, -0.05) is 29.8 Å². The van der Waals surface area contributed by atoms with Crippen molar-refractivity contribution in [3.05, 3.63) is 63.2 Å². The predicted molar refractivity (Wildman–Crippen MR) is 117 cm³/mol. The Morgan fingerprint density at radius 1 is 1.13 bits per heavy atom. The molecular formula is C21H26N2O6S. The number of ether oxygens (including phenoxy) is 3. The van der Waals surface area contributed by atoms with Gasteiger partial charge in [-0.3, -0.25) is 14.9 Å². The SMILES string of the molecule is COCCOc1cc([N+](=O)[O-])c(C(=O)NCCSCc2ccc(C)cc2)cc1OC. The summed E-state index contributed by atoms with van der Waals surface area (Å²) in [5.74, 6) is 1.42. The molecule has 2 aromatic carbocycles. The first-order valence-corrected chi connectivity index (χ1v) is 10.5. The monoisotopic (exact) mass is 434 g/mol. The molecule has 1 N–H and O–H groups in total. The predicted octanol–water partition coefficient (Wildman–Crippen LogP) is 3.60. The molecule has 8 nitrogen and oxygen atoms in total. The Morgan fingerprint density at radius 3 is 2.50 bits per heavy atom. The third kappa shape index (κ3) is 6.93. The molecule has 0 saturated carbocycles. The molecule has 0 bridgehead atoms. The Balaban J connectivity index is 1.97. The molecule has 0 aromatic heterocycles. The molecule has 0 aliphatic heterocycles. The fourth-order valence-corrected chi connectivity index (χ4v) is 3.41. The maximum Gasteiger partial charge on any atom is 0.286 e. The Morgan fingerprint density at radius 2 is 1.87 bits per heavy atom. The first-order valence-electron chi connectivity index (χ1n) is 9.36. The Kier molecular flexibility index (Phi) is 9.43. The Bertz CT molecular complexity index is 857. The van der Waals surface area contributed by atoms with Crippen molar-refractivity contribution in [2.45, 2.75) is 12.7 Å². The lowest BCUT2D eigenvalue weighted by Crippen LogP contribution is -2.26. The van der Waals surface area contributed by atoms with Gasteiger partial charge in [0, 0.05) is 31.2 Å². The zero-order chi connectivity index (χ0) is 21.9. The van der Waals surface area contributed by atoms with Crippen molar-refractivity contribution < 1.29 is 23.9 Å². The summed E-state index contributed by atoms with van der Waals surface area (Å²) in [6.07, 6.45) is 0. The molecule has 30 heavy (non-hydrogen) atoms. The molecule has 162 valence electrons. The van der Waals surface area contributed by atoms with E-state index in [1.54, 1.807) is 11.8 Å². The fraction of sp³-hybridized carbons (Fsp3) is 0.381. The number of benzene rings is 2. The molecule has 9 heteroatoms. The summed E-state index contributed by atoms with van der Waals surface area (Å²) >= 11 is 1.68. The third-order valence-corrected chi connectivity index (χ3v) is 5.22. The number of nitrogens with zero attached hydrogens (tertiary/aromatic N) is 1. The maximum absolute atomic E-state index is 12.5. The van der Waals surface area contributed by atoms with Crippen molar-refractivity contribution in [3.63, 3.8) is 0 Å². The minimum atomic E-state index is -0.607. The molecule has 0 saturated heterocycles. The molecule has 0 fully saturated rings. The number of methoxy groups -OCH3 is 2. The summed E-state index contributed by atoms with van der Waals surface area (Å²) < 4.78 is 15.6. The van der Waals surface area contributed by atoms with Gasteiger partial charge in [0.15, 0.2) is 11.5 Å². The average Bonchev–Trinajstić information content (AvgIpc) is 2.74. The van der Waals surface area contributed by atoms with Gasteiger partial charge in [-0.2, -0.15) is 11.8 Å². The smallest absolute Gasteiger partial charge is 0.286 e. The summed E-state index contributed by atoms with van der Waals surface area (Å²) in [4.78, 5) is 23.4. The van der Waals surface area contributed by atoms with Crippen LogP contribution >= 0.6 is 11.8 Å². The normalized spacial score (nSPS) is 10.5. The minimum Gasteiger partial charge on any atom is -0.493 e. The number of thioether (sulfide) groups is 1. The van der Waals surface area contributed by atoms with E-state index < -0.39 is 10.8 Å². The van der Waals surface area contributed by atoms with Gasteiger partial charge in [-0.15, -0.1) is 0 Å². The highest BCUT2D eigenvalue weighted by Crippen LogP contribution is 2.34. The van der Waals surface area contributed by atoms with Gasteiger partial charge in [-0.05, 0) is 12.5 Å². The molecule has 0 radical (unpaired) electrons. The number of hydrogen-bond donors (Lipinski definition) is 1. The lowest BCUT2D eigenvalue weighted by Gasteiger charge is -2.13. The van der Waals surface area contributed by atoms with Crippen LogP contribution in [0.1, 0.15) is 21.5 Å². The second kappa shape index (κ2) is 12.0. The van der Waals surface area contributed by atoms with E-state index in [-0.39, 0.29) is 29.4 Å². The number of hydrogen-bond acceptors (Lipinski definition) is 7. The quantitative estimate of drug-likeness (QED) is 0.309. The molecule has 0 aliphatic carbocycles.